The molecule has 1 rings (SSSR count). The Labute approximate surface area is 102 Å². The van der Waals surface area contributed by atoms with Gasteiger partial charge in [0.05, 0.1) is 12.2 Å². The molecule has 0 radical (unpaired) electrons. The summed E-state index contributed by atoms with van der Waals surface area (Å²) < 4.78 is 1.78. The second kappa shape index (κ2) is 5.67. The number of likely N-dealkylation sites (N-methyl/N-ethyl adjacent to an activating group) is 2. The van der Waals surface area contributed by atoms with Crippen LogP contribution >= 0.6 is 0 Å². The van der Waals surface area contributed by atoms with Crippen LogP contribution in [0.25, 0.3) is 0 Å². The molecule has 0 fully saturated rings. The van der Waals surface area contributed by atoms with Crippen molar-refractivity contribution < 1.29 is 4.79 Å². The number of hydrogen-bond acceptors (Lipinski definition) is 4. The molecule has 0 atom stereocenters. The number of aryl methyl sites for hydroxylation is 2. The lowest BCUT2D eigenvalue weighted by Gasteiger charge is -2.23. The number of carbonyl (C=O) groups excluding carboxylic acids is 1. The first-order valence-corrected chi connectivity index (χ1v) is 5.73. The van der Waals surface area contributed by atoms with Crippen molar-refractivity contribution in [1.82, 2.24) is 15.1 Å². The normalized spacial score (nSPS) is 10.4. The van der Waals surface area contributed by atoms with Gasteiger partial charge in [0.25, 0.3) is 0 Å². The number of amides is 1. The summed E-state index contributed by atoms with van der Waals surface area (Å²) >= 11 is 0. The van der Waals surface area contributed by atoms with E-state index >= 15 is 0 Å². The number of anilines is 1. The summed E-state index contributed by atoms with van der Waals surface area (Å²) in [6.07, 6.45) is 0. The van der Waals surface area contributed by atoms with Crippen molar-refractivity contribution >= 4 is 11.7 Å². The van der Waals surface area contributed by atoms with Gasteiger partial charge in [-0.3, -0.25) is 9.48 Å². The zero-order chi connectivity index (χ0) is 13.0. The van der Waals surface area contributed by atoms with Crippen LogP contribution in [0, 0.1) is 6.92 Å². The lowest BCUT2D eigenvalue weighted by Crippen LogP contribution is -2.37. The highest BCUT2D eigenvalue weighted by molar-refractivity contribution is 5.81. The van der Waals surface area contributed by atoms with Gasteiger partial charge in [-0.1, -0.05) is 0 Å². The van der Waals surface area contributed by atoms with Crippen molar-refractivity contribution in [2.75, 3.05) is 25.0 Å². The zero-order valence-corrected chi connectivity index (χ0v) is 10.9. The summed E-state index contributed by atoms with van der Waals surface area (Å²) in [5.74, 6) is 0.907. The Morgan fingerprint density at radius 3 is 2.71 bits per heavy atom. The first kappa shape index (κ1) is 13.5. The molecule has 3 N–H and O–H groups in total. The van der Waals surface area contributed by atoms with Crippen LogP contribution in [-0.2, 0) is 18.4 Å². The minimum absolute atomic E-state index is 0.0197. The SMILES string of the molecule is CCN(CC(=O)NC)c1c(CN)c(C)nn1C. The topological polar surface area (TPSA) is 76.2 Å². The lowest BCUT2D eigenvalue weighted by atomic mass is 10.2. The molecule has 0 spiro atoms. The molecule has 6 heteroatoms. The van der Waals surface area contributed by atoms with Crippen LogP contribution in [-0.4, -0.2) is 35.8 Å². The average Bonchev–Trinajstić information content (AvgIpc) is 2.60. The molecular weight excluding hydrogens is 218 g/mol. The molecule has 0 unspecified atom stereocenters. The molecule has 0 aliphatic rings. The summed E-state index contributed by atoms with van der Waals surface area (Å²) in [7, 11) is 3.50. The Morgan fingerprint density at radius 1 is 1.59 bits per heavy atom. The van der Waals surface area contributed by atoms with E-state index in [1.54, 1.807) is 11.7 Å². The standard InChI is InChI=1S/C11H21N5O/c1-5-16(7-10(17)13-3)11-9(6-12)8(2)14-15(11)4/h5-7,12H2,1-4H3,(H,13,17). The number of carbonyl (C=O) groups is 1. The average molecular weight is 239 g/mol. The fourth-order valence-electron chi connectivity index (χ4n) is 1.91. The number of rotatable bonds is 5. The monoisotopic (exact) mass is 239 g/mol. The molecule has 96 valence electrons. The van der Waals surface area contributed by atoms with Crippen molar-refractivity contribution in [2.24, 2.45) is 12.8 Å². The van der Waals surface area contributed by atoms with Gasteiger partial charge in [0, 0.05) is 32.7 Å². The molecular formula is C11H21N5O. The molecule has 0 aliphatic carbocycles. The Bertz CT molecular complexity index is 399. The summed E-state index contributed by atoms with van der Waals surface area (Å²) in [6, 6.07) is 0. The number of hydrogen-bond donors (Lipinski definition) is 2. The molecule has 1 aromatic rings. The van der Waals surface area contributed by atoms with Gasteiger partial charge >= 0.3 is 0 Å². The Kier molecular flexibility index (Phi) is 4.51. The van der Waals surface area contributed by atoms with E-state index < -0.39 is 0 Å². The van der Waals surface area contributed by atoms with E-state index in [2.05, 4.69) is 10.4 Å². The van der Waals surface area contributed by atoms with E-state index in [9.17, 15) is 4.79 Å². The highest BCUT2D eigenvalue weighted by Gasteiger charge is 2.18. The predicted octanol–water partition coefficient (Wildman–Crippen LogP) is -0.240. The van der Waals surface area contributed by atoms with Crippen LogP contribution in [0.5, 0.6) is 0 Å². The van der Waals surface area contributed by atoms with Crippen LogP contribution in [0.2, 0.25) is 0 Å². The van der Waals surface area contributed by atoms with E-state index in [0.717, 1.165) is 23.6 Å². The van der Waals surface area contributed by atoms with Crippen LogP contribution in [0.4, 0.5) is 5.82 Å². The fraction of sp³-hybridized carbons (Fsp3) is 0.636. The van der Waals surface area contributed by atoms with Crippen molar-refractivity contribution in [1.29, 1.82) is 0 Å². The number of nitrogens with zero attached hydrogens (tertiary/aromatic N) is 3. The van der Waals surface area contributed by atoms with E-state index in [0.29, 0.717) is 13.1 Å². The van der Waals surface area contributed by atoms with Gasteiger partial charge in [0.2, 0.25) is 5.91 Å². The third-order valence-corrected chi connectivity index (χ3v) is 2.81. The van der Waals surface area contributed by atoms with E-state index in [1.165, 1.54) is 0 Å². The van der Waals surface area contributed by atoms with Crippen LogP contribution < -0.4 is 16.0 Å². The summed E-state index contributed by atoms with van der Waals surface area (Å²) in [6.45, 7) is 5.42. The molecule has 1 heterocycles. The summed E-state index contributed by atoms with van der Waals surface area (Å²) in [4.78, 5) is 13.4. The van der Waals surface area contributed by atoms with Crippen molar-refractivity contribution in [3.8, 4) is 0 Å². The maximum Gasteiger partial charge on any atom is 0.239 e. The van der Waals surface area contributed by atoms with Crippen LogP contribution in [0.3, 0.4) is 0 Å². The lowest BCUT2D eigenvalue weighted by molar-refractivity contribution is -0.119. The van der Waals surface area contributed by atoms with E-state index in [4.69, 9.17) is 5.73 Å². The first-order valence-electron chi connectivity index (χ1n) is 5.73. The maximum atomic E-state index is 11.5. The quantitative estimate of drug-likeness (QED) is 0.743. The van der Waals surface area contributed by atoms with Gasteiger partial charge in [-0.15, -0.1) is 0 Å². The Morgan fingerprint density at radius 2 is 2.24 bits per heavy atom. The van der Waals surface area contributed by atoms with Crippen molar-refractivity contribution in [3.63, 3.8) is 0 Å². The van der Waals surface area contributed by atoms with E-state index in [-0.39, 0.29) is 5.91 Å². The Hall–Kier alpha value is -1.56. The van der Waals surface area contributed by atoms with Gasteiger partial charge in [-0.05, 0) is 13.8 Å². The molecule has 0 aromatic carbocycles. The molecule has 1 aromatic heterocycles. The highest BCUT2D eigenvalue weighted by atomic mass is 16.1. The Balaban J connectivity index is 3.06. The molecule has 0 saturated heterocycles. The molecule has 1 amide bonds. The predicted molar refractivity (Wildman–Crippen MR) is 67.8 cm³/mol. The molecule has 17 heavy (non-hydrogen) atoms. The van der Waals surface area contributed by atoms with Crippen molar-refractivity contribution in [2.45, 2.75) is 20.4 Å². The molecule has 0 aliphatic heterocycles. The summed E-state index contributed by atoms with van der Waals surface area (Å²) in [5, 5.41) is 6.97. The van der Waals surface area contributed by atoms with Crippen LogP contribution in [0.15, 0.2) is 0 Å². The van der Waals surface area contributed by atoms with E-state index in [1.807, 2.05) is 25.8 Å². The molecule has 0 saturated carbocycles. The van der Waals surface area contributed by atoms with Gasteiger partial charge in [0.1, 0.15) is 5.82 Å². The molecule has 6 nitrogen and oxygen atoms in total. The smallest absolute Gasteiger partial charge is 0.239 e. The first-order chi connectivity index (χ1) is 8.04. The number of nitrogens with two attached hydrogens (primary N) is 1. The van der Waals surface area contributed by atoms with Gasteiger partial charge in [-0.2, -0.15) is 5.10 Å². The summed E-state index contributed by atoms with van der Waals surface area (Å²) in [5.41, 5.74) is 7.66. The third-order valence-electron chi connectivity index (χ3n) is 2.81. The van der Waals surface area contributed by atoms with Gasteiger partial charge < -0.3 is 16.0 Å². The second-order valence-corrected chi connectivity index (χ2v) is 3.90. The van der Waals surface area contributed by atoms with Crippen LogP contribution in [0.1, 0.15) is 18.2 Å². The zero-order valence-electron chi connectivity index (χ0n) is 10.9. The number of nitrogens with one attached hydrogen (secondary N) is 1. The maximum absolute atomic E-state index is 11.5. The highest BCUT2D eigenvalue weighted by Crippen LogP contribution is 2.22. The van der Waals surface area contributed by atoms with Gasteiger partial charge in [-0.25, -0.2) is 0 Å². The fourth-order valence-corrected chi connectivity index (χ4v) is 1.91. The minimum atomic E-state index is -0.0197. The second-order valence-electron chi connectivity index (χ2n) is 3.90. The largest absolute Gasteiger partial charge is 0.358 e. The minimum Gasteiger partial charge on any atom is -0.358 e. The van der Waals surface area contributed by atoms with Gasteiger partial charge in [0.15, 0.2) is 0 Å². The van der Waals surface area contributed by atoms with Crippen molar-refractivity contribution in [3.05, 3.63) is 11.3 Å². The molecule has 0 bridgehead atoms. The third kappa shape index (κ3) is 2.76. The number of aromatic nitrogens is 2.